The van der Waals surface area contributed by atoms with Crippen molar-refractivity contribution in [2.45, 2.75) is 32.1 Å². The second kappa shape index (κ2) is 9.21. The van der Waals surface area contributed by atoms with Gasteiger partial charge in [-0.3, -0.25) is 4.79 Å². The Hall–Kier alpha value is -2.82. The molecule has 0 saturated heterocycles. The summed E-state index contributed by atoms with van der Waals surface area (Å²) in [6, 6.07) is 10.9. The number of esters is 1. The van der Waals surface area contributed by atoms with Crippen LogP contribution in [0, 0.1) is 0 Å². The number of amides is 1. The average Bonchev–Trinajstić information content (AvgIpc) is 2.72. The first-order valence-electron chi connectivity index (χ1n) is 9.36. The number of nitrogens with one attached hydrogen (secondary N) is 1. The number of hydrogen-bond acceptors (Lipinski definition) is 4. The summed E-state index contributed by atoms with van der Waals surface area (Å²) < 4.78 is 10.5. The van der Waals surface area contributed by atoms with Gasteiger partial charge in [-0.05, 0) is 49.6 Å². The Kier molecular flexibility index (Phi) is 6.47. The highest BCUT2D eigenvalue weighted by Gasteiger charge is 2.15. The molecule has 0 atom stereocenters. The number of hydrogen-bond donors (Lipinski definition) is 1. The van der Waals surface area contributed by atoms with E-state index in [1.54, 1.807) is 19.2 Å². The number of allylic oxidation sites excluding steroid dienone is 1. The Morgan fingerprint density at radius 1 is 1.07 bits per heavy atom. The molecule has 5 nitrogen and oxygen atoms in total. The van der Waals surface area contributed by atoms with Crippen LogP contribution >= 0.6 is 0 Å². The molecule has 0 fully saturated rings. The number of carbonyl (C=O) groups is 2. The van der Waals surface area contributed by atoms with Gasteiger partial charge in [0.15, 0.2) is 6.61 Å². The molecule has 0 heterocycles. The highest BCUT2D eigenvalue weighted by Crippen LogP contribution is 2.28. The van der Waals surface area contributed by atoms with Crippen LogP contribution < -0.4 is 10.1 Å². The number of benzene rings is 2. The van der Waals surface area contributed by atoms with Crippen molar-refractivity contribution in [1.82, 2.24) is 5.32 Å². The van der Waals surface area contributed by atoms with Crippen LogP contribution in [0.5, 0.6) is 5.75 Å². The molecule has 27 heavy (non-hydrogen) atoms. The van der Waals surface area contributed by atoms with Crippen molar-refractivity contribution >= 4 is 22.6 Å². The fourth-order valence-electron chi connectivity index (χ4n) is 3.38. The standard InChI is InChI=1S/C22H25NO4/c1-26-20-12-11-19(17-9-5-6-10-18(17)20)22(25)27-15-21(24)23-14-13-16-7-3-2-4-8-16/h5-7,9-12H,2-4,8,13-15H2,1H3,(H,23,24). The molecule has 1 aliphatic carbocycles. The van der Waals surface area contributed by atoms with Gasteiger partial charge in [0.1, 0.15) is 5.75 Å². The summed E-state index contributed by atoms with van der Waals surface area (Å²) in [7, 11) is 1.59. The molecule has 0 unspecified atom stereocenters. The summed E-state index contributed by atoms with van der Waals surface area (Å²) >= 11 is 0. The lowest BCUT2D eigenvalue weighted by Gasteiger charge is -2.13. The average molecular weight is 367 g/mol. The maximum Gasteiger partial charge on any atom is 0.339 e. The molecular weight excluding hydrogens is 342 g/mol. The minimum atomic E-state index is -0.515. The highest BCUT2D eigenvalue weighted by molar-refractivity contribution is 6.06. The van der Waals surface area contributed by atoms with Crippen molar-refractivity contribution in [3.05, 3.63) is 53.6 Å². The molecule has 2 aromatic rings. The van der Waals surface area contributed by atoms with Crippen LogP contribution in [-0.2, 0) is 9.53 Å². The number of rotatable bonds is 7. The second-order valence-electron chi connectivity index (χ2n) is 6.65. The lowest BCUT2D eigenvalue weighted by atomic mass is 9.97. The number of methoxy groups -OCH3 is 1. The van der Waals surface area contributed by atoms with E-state index < -0.39 is 5.97 Å². The van der Waals surface area contributed by atoms with Gasteiger partial charge in [0.05, 0.1) is 12.7 Å². The Bertz CT molecular complexity index is 857. The van der Waals surface area contributed by atoms with Gasteiger partial charge >= 0.3 is 5.97 Å². The summed E-state index contributed by atoms with van der Waals surface area (Å²) in [5.74, 6) is -0.103. The zero-order valence-electron chi connectivity index (χ0n) is 15.6. The quantitative estimate of drug-likeness (QED) is 0.593. The first-order chi connectivity index (χ1) is 13.2. The van der Waals surface area contributed by atoms with E-state index in [4.69, 9.17) is 9.47 Å². The maximum atomic E-state index is 12.4. The molecule has 1 amide bonds. The first-order valence-corrected chi connectivity index (χ1v) is 9.36. The van der Waals surface area contributed by atoms with Crippen LogP contribution in [-0.4, -0.2) is 32.1 Å². The summed E-state index contributed by atoms with van der Waals surface area (Å²) in [5.41, 5.74) is 1.83. The monoisotopic (exact) mass is 367 g/mol. The van der Waals surface area contributed by atoms with E-state index in [0.717, 1.165) is 30.0 Å². The van der Waals surface area contributed by atoms with E-state index in [1.165, 1.54) is 18.4 Å². The van der Waals surface area contributed by atoms with Crippen LogP contribution in [0.2, 0.25) is 0 Å². The molecule has 0 saturated carbocycles. The maximum absolute atomic E-state index is 12.4. The summed E-state index contributed by atoms with van der Waals surface area (Å²) in [6.07, 6.45) is 7.87. The van der Waals surface area contributed by atoms with Gasteiger partial charge < -0.3 is 14.8 Å². The highest BCUT2D eigenvalue weighted by atomic mass is 16.5. The Morgan fingerprint density at radius 3 is 2.63 bits per heavy atom. The molecule has 1 aliphatic rings. The first kappa shape index (κ1) is 19.0. The van der Waals surface area contributed by atoms with Crippen LogP contribution in [0.25, 0.3) is 10.8 Å². The smallest absolute Gasteiger partial charge is 0.339 e. The largest absolute Gasteiger partial charge is 0.496 e. The summed E-state index contributed by atoms with van der Waals surface area (Å²) in [5, 5.41) is 4.39. The molecule has 0 aromatic heterocycles. The van der Waals surface area contributed by atoms with Gasteiger partial charge in [-0.1, -0.05) is 35.9 Å². The zero-order chi connectivity index (χ0) is 19.1. The molecule has 2 aromatic carbocycles. The molecule has 0 bridgehead atoms. The summed E-state index contributed by atoms with van der Waals surface area (Å²) in [6.45, 7) is 0.298. The van der Waals surface area contributed by atoms with Gasteiger partial charge in [0, 0.05) is 11.9 Å². The molecule has 5 heteroatoms. The molecule has 0 spiro atoms. The third kappa shape index (κ3) is 4.88. The van der Waals surface area contributed by atoms with Crippen molar-refractivity contribution in [3.63, 3.8) is 0 Å². The van der Waals surface area contributed by atoms with Crippen LogP contribution in [0.1, 0.15) is 42.5 Å². The third-order valence-electron chi connectivity index (χ3n) is 4.81. The molecule has 3 rings (SSSR count). The Morgan fingerprint density at radius 2 is 1.89 bits per heavy atom. The SMILES string of the molecule is COc1ccc(C(=O)OCC(=O)NCCC2=CCCCC2)c2ccccc12. The molecule has 142 valence electrons. The van der Waals surface area contributed by atoms with Gasteiger partial charge in [0.25, 0.3) is 5.91 Å². The van der Waals surface area contributed by atoms with Crippen molar-refractivity contribution < 1.29 is 19.1 Å². The van der Waals surface area contributed by atoms with E-state index in [9.17, 15) is 9.59 Å². The molecule has 0 aliphatic heterocycles. The minimum absolute atomic E-state index is 0.280. The van der Waals surface area contributed by atoms with Crippen molar-refractivity contribution in [1.29, 1.82) is 0 Å². The predicted molar refractivity (Wildman–Crippen MR) is 105 cm³/mol. The third-order valence-corrected chi connectivity index (χ3v) is 4.81. The van der Waals surface area contributed by atoms with Crippen LogP contribution in [0.4, 0.5) is 0 Å². The minimum Gasteiger partial charge on any atom is -0.496 e. The molecule has 1 N–H and O–H groups in total. The van der Waals surface area contributed by atoms with Crippen molar-refractivity contribution in [2.24, 2.45) is 0 Å². The zero-order valence-corrected chi connectivity index (χ0v) is 15.6. The molecule has 0 radical (unpaired) electrons. The van der Waals surface area contributed by atoms with Gasteiger partial charge in [0.2, 0.25) is 0 Å². The van der Waals surface area contributed by atoms with E-state index in [0.29, 0.717) is 17.9 Å². The van der Waals surface area contributed by atoms with E-state index in [2.05, 4.69) is 11.4 Å². The van der Waals surface area contributed by atoms with E-state index in [-0.39, 0.29) is 12.5 Å². The number of fused-ring (bicyclic) bond motifs is 1. The van der Waals surface area contributed by atoms with Crippen molar-refractivity contribution in [3.8, 4) is 5.75 Å². The van der Waals surface area contributed by atoms with Crippen LogP contribution in [0.3, 0.4) is 0 Å². The van der Waals surface area contributed by atoms with E-state index in [1.807, 2.05) is 24.3 Å². The fraction of sp³-hybridized carbons (Fsp3) is 0.364. The lowest BCUT2D eigenvalue weighted by molar-refractivity contribution is -0.124. The van der Waals surface area contributed by atoms with Crippen molar-refractivity contribution in [2.75, 3.05) is 20.3 Å². The topological polar surface area (TPSA) is 64.6 Å². The van der Waals surface area contributed by atoms with Crippen LogP contribution in [0.15, 0.2) is 48.0 Å². The Labute approximate surface area is 159 Å². The predicted octanol–water partition coefficient (Wildman–Crippen LogP) is 4.01. The Balaban J connectivity index is 1.54. The number of ether oxygens (including phenoxy) is 2. The normalized spacial score (nSPS) is 13.7. The summed E-state index contributed by atoms with van der Waals surface area (Å²) in [4.78, 5) is 24.4. The second-order valence-corrected chi connectivity index (χ2v) is 6.65. The van der Waals surface area contributed by atoms with Gasteiger partial charge in [-0.2, -0.15) is 0 Å². The molecular formula is C22H25NO4. The van der Waals surface area contributed by atoms with E-state index >= 15 is 0 Å². The fourth-order valence-corrected chi connectivity index (χ4v) is 3.38. The van der Waals surface area contributed by atoms with Gasteiger partial charge in [-0.25, -0.2) is 4.79 Å². The van der Waals surface area contributed by atoms with Gasteiger partial charge in [-0.15, -0.1) is 0 Å². The number of carbonyl (C=O) groups excluding carboxylic acids is 2. The lowest BCUT2D eigenvalue weighted by Crippen LogP contribution is -2.29.